The lowest BCUT2D eigenvalue weighted by Crippen LogP contribution is -2.30. The Morgan fingerprint density at radius 1 is 1.18 bits per heavy atom. The minimum Gasteiger partial charge on any atom is -0.324 e. The molecule has 1 amide bonds. The first-order valence-electron chi connectivity index (χ1n) is 8.50. The molecule has 0 saturated heterocycles. The summed E-state index contributed by atoms with van der Waals surface area (Å²) in [5.74, 6) is -0.518. The van der Waals surface area contributed by atoms with E-state index in [9.17, 15) is 22.8 Å². The predicted molar refractivity (Wildman–Crippen MR) is 99.3 cm³/mol. The predicted octanol–water partition coefficient (Wildman–Crippen LogP) is 3.32. The van der Waals surface area contributed by atoms with Crippen LogP contribution < -0.4 is 10.9 Å². The van der Waals surface area contributed by atoms with Gasteiger partial charge in [0.2, 0.25) is 5.91 Å². The maximum atomic E-state index is 13.4. The number of alkyl halides is 3. The van der Waals surface area contributed by atoms with Gasteiger partial charge in [-0.05, 0) is 38.0 Å². The Labute approximate surface area is 158 Å². The largest absolute Gasteiger partial charge is 0.417 e. The summed E-state index contributed by atoms with van der Waals surface area (Å²) in [6, 6.07) is 6.04. The third-order valence-corrected chi connectivity index (χ3v) is 4.53. The van der Waals surface area contributed by atoms with Gasteiger partial charge in [0, 0.05) is 18.8 Å². The van der Waals surface area contributed by atoms with Crippen LogP contribution >= 0.6 is 0 Å². The molecule has 2 aromatic heterocycles. The molecule has 1 aromatic carbocycles. The van der Waals surface area contributed by atoms with Crippen molar-refractivity contribution in [1.82, 2.24) is 14.3 Å². The number of anilines is 1. The SMILES string of the molecule is Cc1ccc(C)c(NC(=O)Cn2c(=O)cc(C(F)(F)F)c3c(C)nn(C)c32)c1. The van der Waals surface area contributed by atoms with Gasteiger partial charge in [-0.1, -0.05) is 12.1 Å². The van der Waals surface area contributed by atoms with Crippen LogP contribution in [0.3, 0.4) is 0 Å². The van der Waals surface area contributed by atoms with Gasteiger partial charge in [0.15, 0.2) is 0 Å². The first-order chi connectivity index (χ1) is 13.0. The van der Waals surface area contributed by atoms with Gasteiger partial charge in [-0.3, -0.25) is 18.8 Å². The average molecular weight is 392 g/mol. The molecule has 0 aliphatic carbocycles. The third kappa shape index (κ3) is 3.51. The van der Waals surface area contributed by atoms with Crippen molar-refractivity contribution in [2.75, 3.05) is 5.32 Å². The second-order valence-electron chi connectivity index (χ2n) is 6.75. The number of carbonyl (C=O) groups excluding carboxylic acids is 1. The smallest absolute Gasteiger partial charge is 0.324 e. The van der Waals surface area contributed by atoms with E-state index in [0.717, 1.165) is 15.7 Å². The molecular formula is C19H19F3N4O2. The summed E-state index contributed by atoms with van der Waals surface area (Å²) in [7, 11) is 1.44. The van der Waals surface area contributed by atoms with Crippen LogP contribution in [0.2, 0.25) is 0 Å². The van der Waals surface area contributed by atoms with Crippen molar-refractivity contribution in [2.24, 2.45) is 7.05 Å². The number of pyridine rings is 1. The van der Waals surface area contributed by atoms with Crippen LogP contribution in [0.15, 0.2) is 29.1 Å². The Hall–Kier alpha value is -3.10. The molecule has 0 aliphatic rings. The van der Waals surface area contributed by atoms with Crippen molar-refractivity contribution in [2.45, 2.75) is 33.5 Å². The van der Waals surface area contributed by atoms with E-state index in [1.54, 1.807) is 6.07 Å². The fraction of sp³-hybridized carbons (Fsp3) is 0.316. The van der Waals surface area contributed by atoms with E-state index in [1.807, 2.05) is 26.0 Å². The van der Waals surface area contributed by atoms with E-state index in [2.05, 4.69) is 10.4 Å². The summed E-state index contributed by atoms with van der Waals surface area (Å²) >= 11 is 0. The van der Waals surface area contributed by atoms with E-state index in [-0.39, 0.29) is 16.7 Å². The molecule has 1 N–H and O–H groups in total. The first-order valence-corrected chi connectivity index (χ1v) is 8.50. The van der Waals surface area contributed by atoms with Gasteiger partial charge in [0.05, 0.1) is 16.6 Å². The fourth-order valence-corrected chi connectivity index (χ4v) is 3.23. The number of hydrogen-bond donors (Lipinski definition) is 1. The number of hydrogen-bond acceptors (Lipinski definition) is 3. The molecule has 3 aromatic rings. The number of aryl methyl sites for hydroxylation is 4. The molecule has 148 valence electrons. The van der Waals surface area contributed by atoms with Crippen LogP contribution in [0, 0.1) is 20.8 Å². The summed E-state index contributed by atoms with van der Waals surface area (Å²) in [5.41, 5.74) is 0.477. The average Bonchev–Trinajstić information content (AvgIpc) is 2.87. The molecule has 6 nitrogen and oxygen atoms in total. The van der Waals surface area contributed by atoms with Crippen molar-refractivity contribution in [3.8, 4) is 0 Å². The van der Waals surface area contributed by atoms with Crippen molar-refractivity contribution in [1.29, 1.82) is 0 Å². The molecular weight excluding hydrogens is 373 g/mol. The second kappa shape index (κ2) is 6.81. The molecule has 0 unspecified atom stereocenters. The molecule has 0 bridgehead atoms. The lowest BCUT2D eigenvalue weighted by molar-refractivity contribution is -0.136. The van der Waals surface area contributed by atoms with Gasteiger partial charge < -0.3 is 5.32 Å². The van der Waals surface area contributed by atoms with E-state index in [4.69, 9.17) is 0 Å². The Morgan fingerprint density at radius 3 is 2.50 bits per heavy atom. The molecule has 28 heavy (non-hydrogen) atoms. The van der Waals surface area contributed by atoms with E-state index in [1.165, 1.54) is 18.7 Å². The maximum absolute atomic E-state index is 13.4. The Morgan fingerprint density at radius 2 is 1.86 bits per heavy atom. The Bertz CT molecular complexity index is 1140. The molecule has 0 spiro atoms. The highest BCUT2D eigenvalue weighted by atomic mass is 19.4. The molecule has 0 atom stereocenters. The zero-order valence-corrected chi connectivity index (χ0v) is 15.8. The molecule has 0 aliphatic heterocycles. The van der Waals surface area contributed by atoms with Crippen LogP contribution in [-0.4, -0.2) is 20.3 Å². The van der Waals surface area contributed by atoms with Crippen LogP contribution in [0.5, 0.6) is 0 Å². The summed E-state index contributed by atoms with van der Waals surface area (Å²) in [5, 5.41) is 6.53. The minimum atomic E-state index is -4.70. The van der Waals surface area contributed by atoms with Gasteiger partial charge in [0.25, 0.3) is 5.56 Å². The number of rotatable bonds is 3. The highest BCUT2D eigenvalue weighted by Crippen LogP contribution is 2.35. The third-order valence-electron chi connectivity index (χ3n) is 4.53. The van der Waals surface area contributed by atoms with Crippen LogP contribution in [-0.2, 0) is 24.6 Å². The molecule has 9 heteroatoms. The second-order valence-corrected chi connectivity index (χ2v) is 6.75. The Kier molecular flexibility index (Phi) is 4.78. The van der Waals surface area contributed by atoms with Crippen LogP contribution in [0.1, 0.15) is 22.4 Å². The zero-order valence-electron chi connectivity index (χ0n) is 15.8. The quantitative estimate of drug-likeness (QED) is 0.744. The molecule has 0 saturated carbocycles. The van der Waals surface area contributed by atoms with Gasteiger partial charge in [-0.25, -0.2) is 0 Å². The van der Waals surface area contributed by atoms with Gasteiger partial charge in [-0.15, -0.1) is 0 Å². The summed E-state index contributed by atoms with van der Waals surface area (Å²) in [4.78, 5) is 24.9. The highest BCUT2D eigenvalue weighted by Gasteiger charge is 2.36. The fourth-order valence-electron chi connectivity index (χ4n) is 3.23. The number of aromatic nitrogens is 3. The lowest BCUT2D eigenvalue weighted by atomic mass is 10.1. The topological polar surface area (TPSA) is 68.9 Å². The number of carbonyl (C=O) groups is 1. The monoisotopic (exact) mass is 392 g/mol. The van der Waals surface area contributed by atoms with Gasteiger partial charge >= 0.3 is 6.18 Å². The highest BCUT2D eigenvalue weighted by molar-refractivity contribution is 5.92. The standard InChI is InChI=1S/C19H19F3N4O2/c1-10-5-6-11(2)14(7-10)23-15(27)9-26-16(28)8-13(19(20,21)22)17-12(3)24-25(4)18(17)26/h5-8H,9H2,1-4H3,(H,23,27). The summed E-state index contributed by atoms with van der Waals surface area (Å²) < 4.78 is 42.4. The van der Waals surface area contributed by atoms with Crippen molar-refractivity contribution in [3.05, 3.63) is 57.0 Å². The number of benzene rings is 1. The first kappa shape index (κ1) is 19.7. The molecule has 0 radical (unpaired) electrons. The van der Waals surface area contributed by atoms with Gasteiger partial charge in [0.1, 0.15) is 12.2 Å². The van der Waals surface area contributed by atoms with Crippen LogP contribution in [0.25, 0.3) is 11.0 Å². The van der Waals surface area contributed by atoms with E-state index < -0.39 is 29.8 Å². The summed E-state index contributed by atoms with van der Waals surface area (Å²) in [6.07, 6.45) is -4.70. The minimum absolute atomic E-state index is 0.0477. The number of amides is 1. The number of halogens is 3. The number of nitrogens with one attached hydrogen (secondary N) is 1. The number of nitrogens with zero attached hydrogens (tertiary/aromatic N) is 3. The maximum Gasteiger partial charge on any atom is 0.417 e. The normalized spacial score (nSPS) is 11.8. The van der Waals surface area contributed by atoms with Crippen molar-refractivity contribution < 1.29 is 18.0 Å². The van der Waals surface area contributed by atoms with Crippen LogP contribution in [0.4, 0.5) is 18.9 Å². The molecule has 2 heterocycles. The van der Waals surface area contributed by atoms with E-state index >= 15 is 0 Å². The van der Waals surface area contributed by atoms with Crippen molar-refractivity contribution >= 4 is 22.6 Å². The Balaban J connectivity index is 2.07. The lowest BCUT2D eigenvalue weighted by Gasteiger charge is -2.14. The zero-order chi connectivity index (χ0) is 20.8. The molecule has 3 rings (SSSR count). The number of fused-ring (bicyclic) bond motifs is 1. The summed E-state index contributed by atoms with van der Waals surface area (Å²) in [6.45, 7) is 4.70. The molecule has 0 fully saturated rings. The van der Waals surface area contributed by atoms with Crippen molar-refractivity contribution in [3.63, 3.8) is 0 Å². The van der Waals surface area contributed by atoms with E-state index in [0.29, 0.717) is 11.8 Å². The van der Waals surface area contributed by atoms with Gasteiger partial charge in [-0.2, -0.15) is 18.3 Å².